The van der Waals surface area contributed by atoms with Crippen molar-refractivity contribution in [2.75, 3.05) is 18.8 Å². The average molecular weight is 505 g/mol. The molecule has 1 saturated heterocycles. The van der Waals surface area contributed by atoms with Crippen LogP contribution in [0.2, 0.25) is 0 Å². The molecule has 2 heterocycles. The van der Waals surface area contributed by atoms with Crippen molar-refractivity contribution in [1.29, 1.82) is 0 Å². The lowest BCUT2D eigenvalue weighted by atomic mass is 10.1. The first-order chi connectivity index (χ1) is 16.6. The molecule has 11 heteroatoms. The van der Waals surface area contributed by atoms with E-state index in [0.29, 0.717) is 22.9 Å². The number of alkyl halides is 3. The fourth-order valence-corrected chi connectivity index (χ4v) is 5.47. The molecule has 5 rings (SSSR count). The maximum absolute atomic E-state index is 13.8. The molecular formula is C24H20F4N4O2S. The Kier molecular flexibility index (Phi) is 5.74. The molecule has 3 atom stereocenters. The second-order valence-electron chi connectivity index (χ2n) is 8.71. The van der Waals surface area contributed by atoms with Gasteiger partial charge in [0.15, 0.2) is 5.13 Å². The molecular weight excluding hydrogens is 484 g/mol. The molecule has 35 heavy (non-hydrogen) atoms. The third kappa shape index (κ3) is 4.60. The molecule has 0 spiro atoms. The second-order valence-corrected chi connectivity index (χ2v) is 9.74. The largest absolute Gasteiger partial charge is 0.416 e. The second kappa shape index (κ2) is 8.63. The van der Waals surface area contributed by atoms with Gasteiger partial charge in [-0.25, -0.2) is 9.37 Å². The van der Waals surface area contributed by atoms with E-state index in [4.69, 9.17) is 5.73 Å². The highest BCUT2D eigenvalue weighted by molar-refractivity contribution is 7.19. The lowest BCUT2D eigenvalue weighted by Gasteiger charge is -2.27. The Balaban J connectivity index is 1.34. The summed E-state index contributed by atoms with van der Waals surface area (Å²) in [4.78, 5) is 32.3. The molecule has 2 amide bonds. The van der Waals surface area contributed by atoms with E-state index >= 15 is 0 Å². The van der Waals surface area contributed by atoms with Crippen molar-refractivity contribution in [2.24, 2.45) is 11.8 Å². The van der Waals surface area contributed by atoms with Gasteiger partial charge in [0, 0.05) is 18.7 Å². The molecule has 6 nitrogen and oxygen atoms in total. The quantitative estimate of drug-likeness (QED) is 0.503. The van der Waals surface area contributed by atoms with Gasteiger partial charge in [0.1, 0.15) is 11.5 Å². The van der Waals surface area contributed by atoms with Crippen LogP contribution in [-0.4, -0.2) is 40.8 Å². The highest BCUT2D eigenvalue weighted by atomic mass is 32.1. The third-order valence-corrected chi connectivity index (χ3v) is 7.35. The van der Waals surface area contributed by atoms with E-state index in [-0.39, 0.29) is 40.8 Å². The number of fused-ring (bicyclic) bond motifs is 1. The number of nitrogens with one attached hydrogen (secondary N) is 1. The van der Waals surface area contributed by atoms with Crippen molar-refractivity contribution in [2.45, 2.75) is 18.6 Å². The first-order valence-corrected chi connectivity index (χ1v) is 11.7. The normalized spacial score (nSPS) is 21.0. The molecule has 2 aliphatic rings. The summed E-state index contributed by atoms with van der Waals surface area (Å²) in [6, 6.07) is 9.67. The van der Waals surface area contributed by atoms with E-state index in [1.807, 2.05) is 0 Å². The van der Waals surface area contributed by atoms with E-state index in [2.05, 4.69) is 10.3 Å². The van der Waals surface area contributed by atoms with E-state index in [9.17, 15) is 27.2 Å². The van der Waals surface area contributed by atoms with E-state index < -0.39 is 23.5 Å². The Morgan fingerprint density at radius 2 is 1.94 bits per heavy atom. The summed E-state index contributed by atoms with van der Waals surface area (Å²) in [5.41, 5.74) is 5.47. The van der Waals surface area contributed by atoms with E-state index in [0.717, 1.165) is 29.9 Å². The van der Waals surface area contributed by atoms with Crippen molar-refractivity contribution in [3.05, 3.63) is 71.2 Å². The van der Waals surface area contributed by atoms with Crippen LogP contribution in [0.25, 0.3) is 10.4 Å². The fraction of sp³-hybridized carbons (Fsp3) is 0.292. The summed E-state index contributed by atoms with van der Waals surface area (Å²) >= 11 is 1.09. The number of nitrogens with two attached hydrogens (primary N) is 1. The maximum Gasteiger partial charge on any atom is 0.416 e. The SMILES string of the molecule is Nc1nc(C(=O)N2C[C@@H]3C[C@@H]3[C@H]2CNC(=O)c2cccc(C(F)(F)F)c2)c(-c2cccc(F)c2)s1. The lowest BCUT2D eigenvalue weighted by molar-refractivity contribution is -0.137. The van der Waals surface area contributed by atoms with Crippen molar-refractivity contribution in [1.82, 2.24) is 15.2 Å². The lowest BCUT2D eigenvalue weighted by Crippen LogP contribution is -2.45. The number of thiazole rings is 1. The van der Waals surface area contributed by atoms with Gasteiger partial charge in [0.25, 0.3) is 11.8 Å². The standard InChI is InChI=1S/C24H20F4N4O2S/c25-16-6-2-3-12(8-16)20-19(31-23(29)35-20)22(34)32-11-14-9-17(14)18(32)10-30-21(33)13-4-1-5-15(7-13)24(26,27)28/h1-8,14,17-18H,9-11H2,(H2,29,31)(H,30,33)/t14-,17-,18+/m0/s1. The Hall–Kier alpha value is -3.47. The molecule has 1 aliphatic heterocycles. The van der Waals surface area contributed by atoms with Crippen molar-refractivity contribution in [3.8, 4) is 10.4 Å². The number of hydrogen-bond acceptors (Lipinski definition) is 5. The Morgan fingerprint density at radius 3 is 2.69 bits per heavy atom. The van der Waals surface area contributed by atoms with Gasteiger partial charge in [-0.05, 0) is 54.2 Å². The van der Waals surface area contributed by atoms with Crippen molar-refractivity contribution >= 4 is 28.3 Å². The summed E-state index contributed by atoms with van der Waals surface area (Å²) in [5, 5.41) is 2.85. The van der Waals surface area contributed by atoms with Crippen LogP contribution in [0, 0.1) is 17.7 Å². The molecule has 3 aromatic rings. The first-order valence-electron chi connectivity index (χ1n) is 10.9. The molecule has 2 fully saturated rings. The minimum atomic E-state index is -4.55. The summed E-state index contributed by atoms with van der Waals surface area (Å²) in [7, 11) is 0. The number of piperidine rings is 1. The minimum Gasteiger partial charge on any atom is -0.375 e. The number of carbonyl (C=O) groups is 2. The maximum atomic E-state index is 13.8. The van der Waals surface area contributed by atoms with Gasteiger partial charge in [-0.2, -0.15) is 13.2 Å². The number of nitrogens with zero attached hydrogens (tertiary/aromatic N) is 2. The van der Waals surface area contributed by atoms with Crippen LogP contribution in [0.15, 0.2) is 48.5 Å². The van der Waals surface area contributed by atoms with Crippen LogP contribution in [0.5, 0.6) is 0 Å². The molecule has 1 aliphatic carbocycles. The van der Waals surface area contributed by atoms with E-state index in [1.165, 1.54) is 30.3 Å². The monoisotopic (exact) mass is 504 g/mol. The number of hydrogen-bond donors (Lipinski definition) is 2. The predicted octanol–water partition coefficient (Wildman–Crippen LogP) is 4.44. The van der Waals surface area contributed by atoms with Crippen LogP contribution < -0.4 is 11.1 Å². The number of halogens is 4. The molecule has 0 bridgehead atoms. The highest BCUT2D eigenvalue weighted by Gasteiger charge is 2.54. The van der Waals surface area contributed by atoms with Crippen LogP contribution in [0.1, 0.15) is 32.8 Å². The molecule has 1 aromatic heterocycles. The molecule has 3 N–H and O–H groups in total. The number of benzene rings is 2. The summed E-state index contributed by atoms with van der Waals surface area (Å²) < 4.78 is 52.7. The van der Waals surface area contributed by atoms with Gasteiger partial charge >= 0.3 is 6.18 Å². The smallest absolute Gasteiger partial charge is 0.375 e. The van der Waals surface area contributed by atoms with Gasteiger partial charge in [-0.3, -0.25) is 9.59 Å². The van der Waals surface area contributed by atoms with Crippen LogP contribution in [-0.2, 0) is 6.18 Å². The number of likely N-dealkylation sites (tertiary alicyclic amines) is 1. The minimum absolute atomic E-state index is 0.0942. The number of anilines is 1. The van der Waals surface area contributed by atoms with Gasteiger partial charge in [-0.1, -0.05) is 29.5 Å². The number of aromatic nitrogens is 1. The molecule has 2 aromatic carbocycles. The van der Waals surface area contributed by atoms with Crippen LogP contribution in [0.3, 0.4) is 0 Å². The van der Waals surface area contributed by atoms with Crippen LogP contribution in [0.4, 0.5) is 22.7 Å². The molecule has 0 radical (unpaired) electrons. The average Bonchev–Trinajstić information content (AvgIpc) is 3.33. The molecule has 0 unspecified atom stereocenters. The fourth-order valence-electron chi connectivity index (χ4n) is 4.65. The summed E-state index contributed by atoms with van der Waals surface area (Å²) in [6.07, 6.45) is -3.65. The van der Waals surface area contributed by atoms with Gasteiger partial charge in [-0.15, -0.1) is 0 Å². The van der Waals surface area contributed by atoms with Gasteiger partial charge in [0.2, 0.25) is 0 Å². The number of rotatable bonds is 5. The molecule has 182 valence electrons. The zero-order chi connectivity index (χ0) is 24.9. The zero-order valence-corrected chi connectivity index (χ0v) is 19.0. The number of nitrogen functional groups attached to an aromatic ring is 1. The van der Waals surface area contributed by atoms with Gasteiger partial charge < -0.3 is 16.0 Å². The van der Waals surface area contributed by atoms with E-state index in [1.54, 1.807) is 11.0 Å². The van der Waals surface area contributed by atoms with Crippen molar-refractivity contribution < 1.29 is 27.2 Å². The number of amides is 2. The zero-order valence-electron chi connectivity index (χ0n) is 18.2. The predicted molar refractivity (Wildman–Crippen MR) is 122 cm³/mol. The third-order valence-electron chi connectivity index (χ3n) is 6.42. The Bertz CT molecular complexity index is 1310. The van der Waals surface area contributed by atoms with Crippen molar-refractivity contribution in [3.63, 3.8) is 0 Å². The summed E-state index contributed by atoms with van der Waals surface area (Å²) in [5.74, 6) is -0.989. The van der Waals surface area contributed by atoms with Gasteiger partial charge in [0.05, 0.1) is 16.5 Å². The highest BCUT2D eigenvalue weighted by Crippen LogP contribution is 2.50. The van der Waals surface area contributed by atoms with Crippen LogP contribution >= 0.6 is 11.3 Å². The molecule has 1 saturated carbocycles. The Labute approximate surface area is 201 Å². The Morgan fingerprint density at radius 1 is 1.17 bits per heavy atom. The first kappa shape index (κ1) is 23.3. The topological polar surface area (TPSA) is 88.3 Å². The summed E-state index contributed by atoms with van der Waals surface area (Å²) in [6.45, 7) is 0.574. The number of carbonyl (C=O) groups excluding carboxylic acids is 2.